The van der Waals surface area contributed by atoms with E-state index in [0.29, 0.717) is 31.9 Å². The second-order valence-electron chi connectivity index (χ2n) is 7.16. The van der Waals surface area contributed by atoms with Crippen molar-refractivity contribution in [3.05, 3.63) is 30.1 Å². The van der Waals surface area contributed by atoms with Gasteiger partial charge in [0.05, 0.1) is 5.69 Å². The lowest BCUT2D eigenvalue weighted by atomic mass is 10.2. The Morgan fingerprint density at radius 3 is 2.32 bits per heavy atom. The van der Waals surface area contributed by atoms with Crippen LogP contribution in [0.15, 0.2) is 24.3 Å². The van der Waals surface area contributed by atoms with Crippen LogP contribution in [0.4, 0.5) is 14.9 Å². The summed E-state index contributed by atoms with van der Waals surface area (Å²) < 4.78 is 19.1. The average molecular weight is 351 g/mol. The lowest BCUT2D eigenvalue weighted by molar-refractivity contribution is -0.132. The lowest BCUT2D eigenvalue weighted by Gasteiger charge is -2.36. The molecule has 1 aliphatic heterocycles. The van der Waals surface area contributed by atoms with Gasteiger partial charge in [-0.15, -0.1) is 0 Å². The van der Waals surface area contributed by atoms with Gasteiger partial charge in [0.25, 0.3) is 0 Å². The first kappa shape index (κ1) is 19.0. The number of halogens is 1. The molecule has 0 saturated carbocycles. The van der Waals surface area contributed by atoms with E-state index in [-0.39, 0.29) is 18.3 Å². The Balaban J connectivity index is 1.85. The van der Waals surface area contributed by atoms with Crippen molar-refractivity contribution >= 4 is 17.7 Å². The van der Waals surface area contributed by atoms with Crippen LogP contribution in [0.25, 0.3) is 0 Å². The summed E-state index contributed by atoms with van der Waals surface area (Å²) in [5, 5.41) is 0. The van der Waals surface area contributed by atoms with E-state index in [9.17, 15) is 14.0 Å². The van der Waals surface area contributed by atoms with E-state index in [2.05, 4.69) is 0 Å². The van der Waals surface area contributed by atoms with Gasteiger partial charge in [-0.25, -0.2) is 9.18 Å². The minimum Gasteiger partial charge on any atom is -0.444 e. The molecule has 0 unspecified atom stereocenters. The molecule has 25 heavy (non-hydrogen) atoms. The standard InChI is InChI=1S/C18H26FN3O3/c1-18(2,3)25-17(24)20(4)13-16(23)22-11-9-21(10-12-22)15-8-6-5-7-14(15)19/h5-8H,9-13H2,1-4H3. The molecule has 138 valence electrons. The first-order valence-corrected chi connectivity index (χ1v) is 8.39. The zero-order valence-corrected chi connectivity index (χ0v) is 15.3. The van der Waals surface area contributed by atoms with Crippen molar-refractivity contribution in [3.63, 3.8) is 0 Å². The van der Waals surface area contributed by atoms with Gasteiger partial charge in [0.2, 0.25) is 5.91 Å². The molecule has 1 fully saturated rings. The molecule has 1 aromatic rings. The molecule has 0 aromatic heterocycles. The highest BCUT2D eigenvalue weighted by Crippen LogP contribution is 2.20. The molecule has 0 spiro atoms. The van der Waals surface area contributed by atoms with Gasteiger partial charge in [-0.1, -0.05) is 12.1 Å². The highest BCUT2D eigenvalue weighted by atomic mass is 19.1. The predicted octanol–water partition coefficient (Wildman–Crippen LogP) is 2.34. The molecule has 1 saturated heterocycles. The van der Waals surface area contributed by atoms with Gasteiger partial charge in [-0.2, -0.15) is 0 Å². The van der Waals surface area contributed by atoms with E-state index in [1.165, 1.54) is 11.0 Å². The number of para-hydroxylation sites is 1. The summed E-state index contributed by atoms with van der Waals surface area (Å²) in [6.45, 7) is 7.42. The third-order valence-corrected chi connectivity index (χ3v) is 3.90. The molecule has 7 heteroatoms. The normalized spacial score (nSPS) is 15.1. The predicted molar refractivity (Wildman–Crippen MR) is 94.1 cm³/mol. The Bertz CT molecular complexity index is 622. The summed E-state index contributed by atoms with van der Waals surface area (Å²) in [6, 6.07) is 6.63. The van der Waals surface area contributed by atoms with E-state index in [1.54, 1.807) is 50.9 Å². The van der Waals surface area contributed by atoms with Crippen molar-refractivity contribution in [1.82, 2.24) is 9.80 Å². The third-order valence-electron chi connectivity index (χ3n) is 3.90. The van der Waals surface area contributed by atoms with Crippen LogP contribution in [0.5, 0.6) is 0 Å². The van der Waals surface area contributed by atoms with E-state index in [4.69, 9.17) is 4.74 Å². The molecule has 2 rings (SSSR count). The second kappa shape index (κ2) is 7.72. The number of rotatable bonds is 3. The molecule has 6 nitrogen and oxygen atoms in total. The van der Waals surface area contributed by atoms with Crippen molar-refractivity contribution < 1.29 is 18.7 Å². The van der Waals surface area contributed by atoms with Crippen LogP contribution < -0.4 is 4.90 Å². The van der Waals surface area contributed by atoms with Crippen LogP contribution >= 0.6 is 0 Å². The number of carbonyl (C=O) groups is 2. The van der Waals surface area contributed by atoms with Crippen molar-refractivity contribution in [2.75, 3.05) is 44.7 Å². The van der Waals surface area contributed by atoms with E-state index < -0.39 is 11.7 Å². The molecule has 1 heterocycles. The molecular formula is C18H26FN3O3. The molecule has 1 aliphatic rings. The molecular weight excluding hydrogens is 325 g/mol. The fraction of sp³-hybridized carbons (Fsp3) is 0.556. The van der Waals surface area contributed by atoms with Crippen LogP contribution in [0, 0.1) is 5.82 Å². The Hall–Kier alpha value is -2.31. The van der Waals surface area contributed by atoms with Gasteiger partial charge < -0.3 is 19.4 Å². The van der Waals surface area contributed by atoms with Crippen LogP contribution in [-0.4, -0.2) is 67.2 Å². The minimum absolute atomic E-state index is 0.0331. The number of nitrogens with zero attached hydrogens (tertiary/aromatic N) is 3. The molecule has 0 N–H and O–H groups in total. The zero-order chi connectivity index (χ0) is 18.6. The summed E-state index contributed by atoms with van der Waals surface area (Å²) in [7, 11) is 1.54. The molecule has 0 aliphatic carbocycles. The van der Waals surface area contributed by atoms with E-state index in [1.807, 2.05) is 4.90 Å². The quantitative estimate of drug-likeness (QED) is 0.839. The zero-order valence-electron chi connectivity index (χ0n) is 15.3. The third kappa shape index (κ3) is 5.34. The lowest BCUT2D eigenvalue weighted by Crippen LogP contribution is -2.51. The summed E-state index contributed by atoms with van der Waals surface area (Å²) in [6.07, 6.45) is -0.522. The number of amides is 2. The summed E-state index contributed by atoms with van der Waals surface area (Å²) >= 11 is 0. The smallest absolute Gasteiger partial charge is 0.410 e. The summed E-state index contributed by atoms with van der Waals surface area (Å²) in [5.41, 5.74) is -0.0415. The summed E-state index contributed by atoms with van der Waals surface area (Å²) in [5.74, 6) is -0.395. The van der Waals surface area contributed by atoms with Crippen LogP contribution in [-0.2, 0) is 9.53 Å². The Morgan fingerprint density at radius 1 is 1.16 bits per heavy atom. The van der Waals surface area contributed by atoms with Crippen LogP contribution in [0.3, 0.4) is 0 Å². The number of carbonyl (C=O) groups excluding carboxylic acids is 2. The van der Waals surface area contributed by atoms with Crippen LogP contribution in [0.2, 0.25) is 0 Å². The SMILES string of the molecule is CN(CC(=O)N1CCN(c2ccccc2F)CC1)C(=O)OC(C)(C)C. The maximum Gasteiger partial charge on any atom is 0.410 e. The first-order valence-electron chi connectivity index (χ1n) is 8.39. The van der Waals surface area contributed by atoms with Gasteiger partial charge in [0.15, 0.2) is 0 Å². The van der Waals surface area contributed by atoms with E-state index in [0.717, 1.165) is 0 Å². The number of anilines is 1. The van der Waals surface area contributed by atoms with Crippen molar-refractivity contribution in [1.29, 1.82) is 0 Å². The van der Waals surface area contributed by atoms with Gasteiger partial charge >= 0.3 is 6.09 Å². The number of benzene rings is 1. The largest absolute Gasteiger partial charge is 0.444 e. The second-order valence-corrected chi connectivity index (χ2v) is 7.16. The molecule has 2 amide bonds. The van der Waals surface area contributed by atoms with Crippen molar-refractivity contribution in [2.24, 2.45) is 0 Å². The maximum absolute atomic E-state index is 13.8. The Kier molecular flexibility index (Phi) is 5.87. The summed E-state index contributed by atoms with van der Waals surface area (Å²) in [4.78, 5) is 29.2. The number of piperazine rings is 1. The van der Waals surface area contributed by atoms with Gasteiger partial charge in [-0.3, -0.25) is 4.79 Å². The highest BCUT2D eigenvalue weighted by Gasteiger charge is 2.26. The fourth-order valence-corrected chi connectivity index (χ4v) is 2.61. The monoisotopic (exact) mass is 351 g/mol. The van der Waals surface area contributed by atoms with E-state index >= 15 is 0 Å². The van der Waals surface area contributed by atoms with Gasteiger partial charge in [-0.05, 0) is 32.9 Å². The van der Waals surface area contributed by atoms with Gasteiger partial charge in [0.1, 0.15) is 18.0 Å². The Labute approximate surface area is 148 Å². The Morgan fingerprint density at radius 2 is 1.76 bits per heavy atom. The maximum atomic E-state index is 13.8. The molecule has 1 aromatic carbocycles. The molecule has 0 atom stereocenters. The number of likely N-dealkylation sites (N-methyl/N-ethyl adjacent to an activating group) is 1. The van der Waals surface area contributed by atoms with Crippen LogP contribution in [0.1, 0.15) is 20.8 Å². The molecule has 0 bridgehead atoms. The average Bonchev–Trinajstić information content (AvgIpc) is 2.54. The molecule has 0 radical (unpaired) electrons. The number of hydrogen-bond donors (Lipinski definition) is 0. The fourth-order valence-electron chi connectivity index (χ4n) is 2.61. The number of ether oxygens (including phenoxy) is 1. The van der Waals surface area contributed by atoms with Crippen molar-refractivity contribution in [3.8, 4) is 0 Å². The topological polar surface area (TPSA) is 53.1 Å². The van der Waals surface area contributed by atoms with Gasteiger partial charge in [0, 0.05) is 33.2 Å². The first-order chi connectivity index (χ1) is 11.7. The van der Waals surface area contributed by atoms with Crippen molar-refractivity contribution in [2.45, 2.75) is 26.4 Å². The minimum atomic E-state index is -0.597. The highest BCUT2D eigenvalue weighted by molar-refractivity contribution is 5.82. The number of hydrogen-bond acceptors (Lipinski definition) is 4.